The maximum absolute atomic E-state index is 12.0. The van der Waals surface area contributed by atoms with Crippen molar-refractivity contribution in [3.05, 3.63) is 65.7 Å². The molecule has 3 aromatic rings. The highest BCUT2D eigenvalue weighted by Gasteiger charge is 2.27. The third-order valence-corrected chi connectivity index (χ3v) is 4.04. The summed E-state index contributed by atoms with van der Waals surface area (Å²) in [5.41, 5.74) is 0.661. The Kier molecular flexibility index (Phi) is 3.13. The second kappa shape index (κ2) is 5.31. The Hall–Kier alpha value is -3.47. The Labute approximate surface area is 137 Å². The van der Waals surface area contributed by atoms with Crippen LogP contribution in [0.2, 0.25) is 0 Å². The molecule has 5 nitrogen and oxygen atoms in total. The van der Waals surface area contributed by atoms with E-state index in [2.05, 4.69) is 10.6 Å². The van der Waals surface area contributed by atoms with E-state index in [9.17, 15) is 14.4 Å². The van der Waals surface area contributed by atoms with Crippen LogP contribution in [0.4, 0.5) is 4.79 Å². The first-order chi connectivity index (χ1) is 11.6. The van der Waals surface area contributed by atoms with Gasteiger partial charge in [-0.25, -0.2) is 4.79 Å². The molecule has 0 spiro atoms. The number of amides is 4. The number of hydrogen-bond donors (Lipinski definition) is 2. The van der Waals surface area contributed by atoms with Gasteiger partial charge in [0.1, 0.15) is 5.57 Å². The zero-order valence-electron chi connectivity index (χ0n) is 12.5. The Bertz CT molecular complexity index is 1040. The summed E-state index contributed by atoms with van der Waals surface area (Å²) in [4.78, 5) is 35.1. The first-order valence-electron chi connectivity index (χ1n) is 7.42. The normalized spacial score (nSPS) is 14.7. The summed E-state index contributed by atoms with van der Waals surface area (Å²) < 4.78 is 0. The van der Waals surface area contributed by atoms with E-state index in [1.165, 1.54) is 6.08 Å². The van der Waals surface area contributed by atoms with Crippen LogP contribution in [0, 0.1) is 0 Å². The first-order valence-corrected chi connectivity index (χ1v) is 7.42. The van der Waals surface area contributed by atoms with Gasteiger partial charge in [0.25, 0.3) is 11.8 Å². The Morgan fingerprint density at radius 1 is 0.708 bits per heavy atom. The third-order valence-electron chi connectivity index (χ3n) is 4.04. The molecule has 1 fully saturated rings. The summed E-state index contributed by atoms with van der Waals surface area (Å²) >= 11 is 0. The van der Waals surface area contributed by atoms with Crippen molar-refractivity contribution in [1.29, 1.82) is 0 Å². The molecule has 2 N–H and O–H groups in total. The van der Waals surface area contributed by atoms with Gasteiger partial charge in [0.15, 0.2) is 0 Å². The largest absolute Gasteiger partial charge is 0.328 e. The summed E-state index contributed by atoms with van der Waals surface area (Å²) in [5.74, 6) is -1.39. The summed E-state index contributed by atoms with van der Waals surface area (Å²) in [6, 6.07) is 16.9. The molecular formula is C19H12N2O3. The number of fused-ring (bicyclic) bond motifs is 3. The van der Waals surface area contributed by atoms with Gasteiger partial charge in [-0.2, -0.15) is 0 Å². The van der Waals surface area contributed by atoms with Crippen LogP contribution < -0.4 is 10.6 Å². The monoisotopic (exact) mass is 316 g/mol. The SMILES string of the molecule is O=C1NC(=O)C(=Cc2cc3ccccc3c3ccccc23)C(=O)N1. The van der Waals surface area contributed by atoms with E-state index in [1.54, 1.807) is 0 Å². The zero-order chi connectivity index (χ0) is 16.7. The van der Waals surface area contributed by atoms with Gasteiger partial charge in [-0.05, 0) is 39.3 Å². The van der Waals surface area contributed by atoms with Gasteiger partial charge in [-0.1, -0.05) is 48.5 Å². The molecule has 0 saturated carbocycles. The number of nitrogens with one attached hydrogen (secondary N) is 2. The van der Waals surface area contributed by atoms with Gasteiger partial charge in [-0.3, -0.25) is 20.2 Å². The van der Waals surface area contributed by atoms with Gasteiger partial charge in [0.05, 0.1) is 0 Å². The van der Waals surface area contributed by atoms with Crippen molar-refractivity contribution in [1.82, 2.24) is 10.6 Å². The Morgan fingerprint density at radius 2 is 1.29 bits per heavy atom. The molecule has 3 aromatic carbocycles. The maximum Gasteiger partial charge on any atom is 0.328 e. The highest BCUT2D eigenvalue weighted by Crippen LogP contribution is 2.30. The summed E-state index contributed by atoms with van der Waals surface area (Å²) in [7, 11) is 0. The van der Waals surface area contributed by atoms with Crippen molar-refractivity contribution < 1.29 is 14.4 Å². The van der Waals surface area contributed by atoms with Crippen LogP contribution in [-0.2, 0) is 9.59 Å². The molecule has 24 heavy (non-hydrogen) atoms. The molecule has 0 atom stereocenters. The van der Waals surface area contributed by atoms with Crippen molar-refractivity contribution in [2.45, 2.75) is 0 Å². The van der Waals surface area contributed by atoms with E-state index >= 15 is 0 Å². The minimum Gasteiger partial charge on any atom is -0.273 e. The van der Waals surface area contributed by atoms with Crippen molar-refractivity contribution in [3.8, 4) is 0 Å². The lowest BCUT2D eigenvalue weighted by Crippen LogP contribution is -2.51. The number of imide groups is 2. The number of hydrogen-bond acceptors (Lipinski definition) is 3. The minimum atomic E-state index is -0.800. The molecule has 0 aromatic heterocycles. The topological polar surface area (TPSA) is 75.3 Å². The quantitative estimate of drug-likeness (QED) is 0.412. The molecule has 1 saturated heterocycles. The average molecular weight is 316 g/mol. The summed E-state index contributed by atoms with van der Waals surface area (Å²) in [6.45, 7) is 0. The lowest BCUT2D eigenvalue weighted by molar-refractivity contribution is -0.123. The fraction of sp³-hybridized carbons (Fsp3) is 0. The second-order valence-corrected chi connectivity index (χ2v) is 5.53. The smallest absolute Gasteiger partial charge is 0.273 e. The van der Waals surface area contributed by atoms with Gasteiger partial charge in [-0.15, -0.1) is 0 Å². The molecule has 4 rings (SSSR count). The van der Waals surface area contributed by atoms with Crippen LogP contribution in [0.5, 0.6) is 0 Å². The minimum absolute atomic E-state index is 0.0879. The Morgan fingerprint density at radius 3 is 2.00 bits per heavy atom. The maximum atomic E-state index is 12.0. The van der Waals surface area contributed by atoms with E-state index in [-0.39, 0.29) is 5.57 Å². The number of rotatable bonds is 1. The first kappa shape index (κ1) is 14.1. The standard InChI is InChI=1S/C19H12N2O3/c22-17-16(18(23)21-19(24)20-17)10-12-9-11-5-1-2-6-13(11)15-8-4-3-7-14(12)15/h1-10H,(H2,20,21,22,23,24). The fourth-order valence-electron chi connectivity index (χ4n) is 2.96. The summed E-state index contributed by atoms with van der Waals surface area (Å²) in [6.07, 6.45) is 1.52. The van der Waals surface area contributed by atoms with E-state index in [0.717, 1.165) is 27.1 Å². The van der Waals surface area contributed by atoms with E-state index < -0.39 is 17.8 Å². The number of urea groups is 1. The predicted molar refractivity (Wildman–Crippen MR) is 91.1 cm³/mol. The predicted octanol–water partition coefficient (Wildman–Crippen LogP) is 2.74. The summed E-state index contributed by atoms with van der Waals surface area (Å²) in [5, 5.41) is 8.25. The molecule has 4 amide bonds. The molecule has 0 unspecified atom stereocenters. The Balaban J connectivity index is 1.99. The van der Waals surface area contributed by atoms with Crippen molar-refractivity contribution in [2.24, 2.45) is 0 Å². The number of carbonyl (C=O) groups is 3. The van der Waals surface area contributed by atoms with E-state index in [0.29, 0.717) is 0 Å². The zero-order valence-corrected chi connectivity index (χ0v) is 12.5. The van der Waals surface area contributed by atoms with Crippen LogP contribution in [-0.4, -0.2) is 17.8 Å². The van der Waals surface area contributed by atoms with Crippen molar-refractivity contribution in [3.63, 3.8) is 0 Å². The lowest BCUT2D eigenvalue weighted by atomic mass is 9.95. The van der Waals surface area contributed by atoms with Gasteiger partial charge >= 0.3 is 6.03 Å². The van der Waals surface area contributed by atoms with Crippen LogP contribution >= 0.6 is 0 Å². The van der Waals surface area contributed by atoms with Crippen LogP contribution in [0.1, 0.15) is 5.56 Å². The molecule has 0 radical (unpaired) electrons. The van der Waals surface area contributed by atoms with Crippen molar-refractivity contribution >= 4 is 45.5 Å². The number of benzene rings is 3. The van der Waals surface area contributed by atoms with E-state index in [4.69, 9.17) is 0 Å². The number of carbonyl (C=O) groups excluding carboxylic acids is 3. The van der Waals surface area contributed by atoms with Crippen LogP contribution in [0.15, 0.2) is 60.2 Å². The average Bonchev–Trinajstić information content (AvgIpc) is 2.58. The lowest BCUT2D eigenvalue weighted by Gasteiger charge is -2.15. The molecule has 0 aliphatic carbocycles. The van der Waals surface area contributed by atoms with Crippen LogP contribution in [0.3, 0.4) is 0 Å². The fourth-order valence-corrected chi connectivity index (χ4v) is 2.96. The molecule has 1 aliphatic heterocycles. The van der Waals surface area contributed by atoms with Crippen LogP contribution in [0.25, 0.3) is 27.6 Å². The molecule has 5 heteroatoms. The van der Waals surface area contributed by atoms with Gasteiger partial charge < -0.3 is 0 Å². The molecule has 0 bridgehead atoms. The number of barbiturate groups is 1. The van der Waals surface area contributed by atoms with E-state index in [1.807, 2.05) is 54.6 Å². The highest BCUT2D eigenvalue weighted by molar-refractivity contribution is 6.31. The second-order valence-electron chi connectivity index (χ2n) is 5.53. The van der Waals surface area contributed by atoms with Gasteiger partial charge in [0.2, 0.25) is 0 Å². The highest BCUT2D eigenvalue weighted by atomic mass is 16.2. The molecule has 1 aliphatic rings. The van der Waals surface area contributed by atoms with Gasteiger partial charge in [0, 0.05) is 0 Å². The molecule has 1 heterocycles. The van der Waals surface area contributed by atoms with Crippen molar-refractivity contribution in [2.75, 3.05) is 0 Å². The molecular weight excluding hydrogens is 304 g/mol. The molecule has 116 valence electrons. The third kappa shape index (κ3) is 2.23.